The average Bonchev–Trinajstić information content (AvgIpc) is 2.29. The van der Waals surface area contributed by atoms with Gasteiger partial charge in [0, 0.05) is 12.1 Å². The van der Waals surface area contributed by atoms with Gasteiger partial charge in [-0.3, -0.25) is 0 Å². The van der Waals surface area contributed by atoms with Crippen molar-refractivity contribution in [3.8, 4) is 0 Å². The molecular formula is C14H20FIN2. The van der Waals surface area contributed by atoms with Gasteiger partial charge < -0.3 is 11.1 Å². The smallest absolute Gasteiger partial charge is 0.138 e. The van der Waals surface area contributed by atoms with E-state index in [0.29, 0.717) is 15.3 Å². The van der Waals surface area contributed by atoms with Gasteiger partial charge >= 0.3 is 0 Å². The first-order valence-corrected chi connectivity index (χ1v) is 7.76. The summed E-state index contributed by atoms with van der Waals surface area (Å²) < 4.78 is 14.1. The van der Waals surface area contributed by atoms with Crippen molar-refractivity contribution < 1.29 is 4.39 Å². The van der Waals surface area contributed by atoms with E-state index in [1.165, 1.54) is 38.2 Å². The Balaban J connectivity index is 2.05. The fourth-order valence-electron chi connectivity index (χ4n) is 2.51. The van der Waals surface area contributed by atoms with Gasteiger partial charge in [0.25, 0.3) is 0 Å². The quantitative estimate of drug-likeness (QED) is 0.599. The van der Waals surface area contributed by atoms with Gasteiger partial charge in [-0.05, 0) is 41.5 Å². The van der Waals surface area contributed by atoms with Crippen molar-refractivity contribution in [3.05, 3.63) is 21.5 Å². The van der Waals surface area contributed by atoms with E-state index in [4.69, 9.17) is 5.73 Å². The molecule has 18 heavy (non-hydrogen) atoms. The normalized spacial score (nSPS) is 18.1. The maximum absolute atomic E-state index is 13.6. The first kappa shape index (κ1) is 13.9. The van der Waals surface area contributed by atoms with Crippen LogP contribution < -0.4 is 11.1 Å². The Morgan fingerprint density at radius 2 is 1.72 bits per heavy atom. The van der Waals surface area contributed by atoms with Crippen LogP contribution in [0, 0.1) is 9.39 Å². The molecule has 2 nitrogen and oxygen atoms in total. The van der Waals surface area contributed by atoms with Gasteiger partial charge in [0.2, 0.25) is 0 Å². The molecule has 2 rings (SSSR count). The van der Waals surface area contributed by atoms with Gasteiger partial charge in [0.1, 0.15) is 5.82 Å². The zero-order chi connectivity index (χ0) is 13.0. The van der Waals surface area contributed by atoms with E-state index < -0.39 is 0 Å². The zero-order valence-corrected chi connectivity index (χ0v) is 12.7. The Labute approximate surface area is 122 Å². The van der Waals surface area contributed by atoms with Crippen molar-refractivity contribution in [3.63, 3.8) is 0 Å². The summed E-state index contributed by atoms with van der Waals surface area (Å²) in [6.07, 6.45) is 8.81. The van der Waals surface area contributed by atoms with Crippen LogP contribution in [0.15, 0.2) is 12.1 Å². The average molecular weight is 362 g/mol. The molecule has 0 aliphatic heterocycles. The minimum absolute atomic E-state index is 0.196. The van der Waals surface area contributed by atoms with E-state index in [0.717, 1.165) is 18.5 Å². The van der Waals surface area contributed by atoms with Crippen molar-refractivity contribution in [2.45, 2.75) is 51.0 Å². The summed E-state index contributed by atoms with van der Waals surface area (Å²) in [5.41, 5.74) is 7.33. The van der Waals surface area contributed by atoms with Gasteiger partial charge in [-0.15, -0.1) is 0 Å². The second-order valence-corrected chi connectivity index (χ2v) is 6.20. The van der Waals surface area contributed by atoms with Crippen LogP contribution in [0.4, 0.5) is 15.8 Å². The Hall–Kier alpha value is -0.520. The fourth-order valence-corrected chi connectivity index (χ4v) is 3.00. The third-order valence-electron chi connectivity index (χ3n) is 3.56. The van der Waals surface area contributed by atoms with Crippen LogP contribution in [0.1, 0.15) is 44.9 Å². The molecule has 0 radical (unpaired) electrons. The molecule has 4 heteroatoms. The van der Waals surface area contributed by atoms with E-state index in [-0.39, 0.29) is 5.82 Å². The summed E-state index contributed by atoms with van der Waals surface area (Å²) >= 11 is 1.97. The lowest BCUT2D eigenvalue weighted by Gasteiger charge is -2.23. The first-order valence-electron chi connectivity index (χ1n) is 6.68. The van der Waals surface area contributed by atoms with Crippen molar-refractivity contribution >= 4 is 34.0 Å². The predicted molar refractivity (Wildman–Crippen MR) is 83.3 cm³/mol. The molecule has 1 aromatic carbocycles. The highest BCUT2D eigenvalue weighted by atomic mass is 127. The molecule has 0 bridgehead atoms. The molecule has 0 atom stereocenters. The number of nitrogens with two attached hydrogens (primary N) is 1. The number of anilines is 2. The number of halogens is 2. The van der Waals surface area contributed by atoms with E-state index in [1.54, 1.807) is 6.07 Å². The van der Waals surface area contributed by atoms with Crippen molar-refractivity contribution in [1.82, 2.24) is 0 Å². The number of hydrogen-bond acceptors (Lipinski definition) is 2. The van der Waals surface area contributed by atoms with Crippen molar-refractivity contribution in [1.29, 1.82) is 0 Å². The largest absolute Gasteiger partial charge is 0.397 e. The molecule has 0 heterocycles. The van der Waals surface area contributed by atoms with Crippen LogP contribution in [0.5, 0.6) is 0 Å². The first-order chi connectivity index (χ1) is 8.66. The lowest BCUT2D eigenvalue weighted by molar-refractivity contribution is 0.471. The van der Waals surface area contributed by atoms with Crippen molar-refractivity contribution in [2.75, 3.05) is 11.1 Å². The lowest BCUT2D eigenvalue weighted by atomic mass is 9.96. The maximum Gasteiger partial charge on any atom is 0.138 e. The predicted octanol–water partition coefficient (Wildman–Crippen LogP) is 4.54. The van der Waals surface area contributed by atoms with Crippen LogP contribution in [0.25, 0.3) is 0 Å². The van der Waals surface area contributed by atoms with E-state index in [1.807, 2.05) is 22.6 Å². The van der Waals surface area contributed by atoms with Gasteiger partial charge in [0.05, 0.1) is 14.9 Å². The minimum Gasteiger partial charge on any atom is -0.397 e. The van der Waals surface area contributed by atoms with Gasteiger partial charge in [-0.1, -0.05) is 32.1 Å². The molecule has 0 spiro atoms. The third kappa shape index (κ3) is 3.73. The SMILES string of the molecule is Nc1cc(I)c(F)cc1NC1CCCCCCC1. The highest BCUT2D eigenvalue weighted by molar-refractivity contribution is 14.1. The van der Waals surface area contributed by atoms with Gasteiger partial charge in [-0.25, -0.2) is 4.39 Å². The molecule has 0 aromatic heterocycles. The standard InChI is InChI=1S/C14H20FIN2/c15-11-8-14(13(17)9-12(11)16)18-10-6-4-2-1-3-5-7-10/h8-10,18H,1-7,17H2. The topological polar surface area (TPSA) is 38.0 Å². The molecule has 3 N–H and O–H groups in total. The molecule has 1 aliphatic rings. The fraction of sp³-hybridized carbons (Fsp3) is 0.571. The van der Waals surface area contributed by atoms with Gasteiger partial charge in [-0.2, -0.15) is 0 Å². The minimum atomic E-state index is -0.196. The Morgan fingerprint density at radius 3 is 2.39 bits per heavy atom. The summed E-state index contributed by atoms with van der Waals surface area (Å²) in [7, 11) is 0. The molecule has 100 valence electrons. The van der Waals surface area contributed by atoms with Crippen LogP contribution in [0.2, 0.25) is 0 Å². The number of nitrogens with one attached hydrogen (secondary N) is 1. The molecule has 1 fully saturated rings. The third-order valence-corrected chi connectivity index (χ3v) is 4.38. The Morgan fingerprint density at radius 1 is 1.11 bits per heavy atom. The second-order valence-electron chi connectivity index (χ2n) is 5.04. The lowest BCUT2D eigenvalue weighted by Crippen LogP contribution is -2.21. The molecule has 1 aliphatic carbocycles. The summed E-state index contributed by atoms with van der Waals surface area (Å²) in [4.78, 5) is 0. The highest BCUT2D eigenvalue weighted by Gasteiger charge is 2.13. The van der Waals surface area contributed by atoms with E-state index in [9.17, 15) is 4.39 Å². The van der Waals surface area contributed by atoms with Crippen molar-refractivity contribution in [2.24, 2.45) is 0 Å². The molecular weight excluding hydrogens is 342 g/mol. The number of benzene rings is 1. The number of rotatable bonds is 2. The van der Waals surface area contributed by atoms with E-state index in [2.05, 4.69) is 5.32 Å². The van der Waals surface area contributed by atoms with Crippen LogP contribution >= 0.6 is 22.6 Å². The van der Waals surface area contributed by atoms with Gasteiger partial charge in [0.15, 0.2) is 0 Å². The molecule has 0 amide bonds. The van der Waals surface area contributed by atoms with E-state index >= 15 is 0 Å². The Bertz CT molecular complexity index is 401. The van der Waals surface area contributed by atoms with Crippen LogP contribution in [0.3, 0.4) is 0 Å². The summed E-state index contributed by atoms with van der Waals surface area (Å²) in [6.45, 7) is 0. The number of nitrogen functional groups attached to an aromatic ring is 1. The zero-order valence-electron chi connectivity index (χ0n) is 10.5. The van der Waals surface area contributed by atoms with Crippen LogP contribution in [-0.4, -0.2) is 6.04 Å². The molecule has 1 aromatic rings. The Kier molecular flexibility index (Phi) is 5.09. The summed E-state index contributed by atoms with van der Waals surface area (Å²) in [5.74, 6) is -0.196. The monoisotopic (exact) mass is 362 g/mol. The molecule has 0 saturated heterocycles. The number of hydrogen-bond donors (Lipinski definition) is 2. The maximum atomic E-state index is 13.6. The summed E-state index contributed by atoms with van der Waals surface area (Å²) in [5, 5.41) is 3.42. The molecule has 1 saturated carbocycles. The molecule has 0 unspecified atom stereocenters. The van der Waals surface area contributed by atoms with Crippen LogP contribution in [-0.2, 0) is 0 Å². The summed E-state index contributed by atoms with van der Waals surface area (Å²) in [6, 6.07) is 3.66. The highest BCUT2D eigenvalue weighted by Crippen LogP contribution is 2.27. The second kappa shape index (κ2) is 6.59.